The summed E-state index contributed by atoms with van der Waals surface area (Å²) >= 11 is 0. The molecule has 2 rings (SSSR count). The molecule has 78 valence electrons. The molecule has 0 radical (unpaired) electrons. The first-order valence-electron chi connectivity index (χ1n) is 5.16. The lowest BCUT2D eigenvalue weighted by atomic mass is 10.2. The first kappa shape index (κ1) is 11.1. The fourth-order valence-corrected chi connectivity index (χ4v) is 1.09. The Hall–Kier alpha value is -1.02. The van der Waals surface area contributed by atoms with Gasteiger partial charge in [-0.3, -0.25) is 0 Å². The monoisotopic (exact) mass is 194 g/mol. The smallest absolute Gasteiger partial charge is 0.145 e. The lowest BCUT2D eigenvalue weighted by Crippen LogP contribution is -2.38. The van der Waals surface area contributed by atoms with Gasteiger partial charge in [0.1, 0.15) is 11.9 Å². The average molecular weight is 194 g/mol. The zero-order valence-electron chi connectivity index (χ0n) is 9.12. The third kappa shape index (κ3) is 3.04. The molecule has 0 bridgehead atoms. The van der Waals surface area contributed by atoms with Crippen molar-refractivity contribution in [2.45, 2.75) is 26.9 Å². The maximum absolute atomic E-state index is 5.58. The van der Waals surface area contributed by atoms with Crippen LogP contribution in [0.5, 0.6) is 5.75 Å². The van der Waals surface area contributed by atoms with Crippen molar-refractivity contribution in [2.24, 2.45) is 0 Å². The van der Waals surface area contributed by atoms with E-state index in [0.717, 1.165) is 19.0 Å². The molecule has 0 spiro atoms. The van der Waals surface area contributed by atoms with Gasteiger partial charge in [0.05, 0.1) is 13.2 Å². The summed E-state index contributed by atoms with van der Waals surface area (Å²) in [5, 5.41) is 0. The lowest BCUT2D eigenvalue weighted by Gasteiger charge is -2.26. The second-order valence-corrected chi connectivity index (χ2v) is 3.09. The van der Waals surface area contributed by atoms with E-state index in [2.05, 4.69) is 19.1 Å². The fraction of sp³-hybridized carbons (Fsp3) is 0.500. The molecule has 1 saturated heterocycles. The standard InChI is InChI=1S/C10H12O2.C2H6/c1-8-2-4-9(5-3-8)12-10-6-11-7-10;1-2/h2-5,10H,6-7H2,1H3;1-2H3. The van der Waals surface area contributed by atoms with Gasteiger partial charge >= 0.3 is 0 Å². The molecule has 1 aromatic carbocycles. The third-order valence-corrected chi connectivity index (χ3v) is 1.93. The second kappa shape index (κ2) is 5.66. The number of hydrogen-bond donors (Lipinski definition) is 0. The molecule has 0 amide bonds. The highest BCUT2D eigenvalue weighted by Crippen LogP contribution is 2.16. The van der Waals surface area contributed by atoms with Crippen LogP contribution in [-0.4, -0.2) is 19.3 Å². The number of rotatable bonds is 2. The molecule has 0 atom stereocenters. The van der Waals surface area contributed by atoms with E-state index in [0.29, 0.717) is 0 Å². The minimum atomic E-state index is 0.271. The predicted molar refractivity (Wildman–Crippen MR) is 57.8 cm³/mol. The molecule has 1 aliphatic heterocycles. The third-order valence-electron chi connectivity index (χ3n) is 1.93. The Morgan fingerprint density at radius 2 is 1.71 bits per heavy atom. The van der Waals surface area contributed by atoms with E-state index < -0.39 is 0 Å². The summed E-state index contributed by atoms with van der Waals surface area (Å²) < 4.78 is 10.6. The van der Waals surface area contributed by atoms with E-state index in [1.165, 1.54) is 5.56 Å². The molecule has 0 aromatic heterocycles. The fourth-order valence-electron chi connectivity index (χ4n) is 1.09. The van der Waals surface area contributed by atoms with Gasteiger partial charge in [-0.2, -0.15) is 0 Å². The van der Waals surface area contributed by atoms with Crippen LogP contribution in [-0.2, 0) is 4.74 Å². The van der Waals surface area contributed by atoms with Crippen molar-refractivity contribution in [1.29, 1.82) is 0 Å². The summed E-state index contributed by atoms with van der Waals surface area (Å²) in [7, 11) is 0. The number of ether oxygens (including phenoxy) is 2. The zero-order valence-corrected chi connectivity index (χ0v) is 9.12. The summed E-state index contributed by atoms with van der Waals surface area (Å²) in [4.78, 5) is 0. The van der Waals surface area contributed by atoms with Gasteiger partial charge in [0.2, 0.25) is 0 Å². The molecular weight excluding hydrogens is 176 g/mol. The normalized spacial score (nSPS) is 15.1. The van der Waals surface area contributed by atoms with Crippen LogP contribution in [0.25, 0.3) is 0 Å². The molecule has 1 aromatic rings. The van der Waals surface area contributed by atoms with Gasteiger partial charge in [-0.25, -0.2) is 0 Å². The molecule has 0 N–H and O–H groups in total. The highest BCUT2D eigenvalue weighted by molar-refractivity contribution is 5.26. The first-order valence-corrected chi connectivity index (χ1v) is 5.16. The molecular formula is C12H18O2. The van der Waals surface area contributed by atoms with Crippen molar-refractivity contribution in [3.05, 3.63) is 29.8 Å². The minimum absolute atomic E-state index is 0.271. The molecule has 1 heterocycles. The van der Waals surface area contributed by atoms with E-state index in [-0.39, 0.29) is 6.10 Å². The first-order chi connectivity index (χ1) is 6.84. The van der Waals surface area contributed by atoms with Crippen molar-refractivity contribution in [3.8, 4) is 5.75 Å². The Morgan fingerprint density at radius 3 is 2.14 bits per heavy atom. The minimum Gasteiger partial charge on any atom is -0.486 e. The highest BCUT2D eigenvalue weighted by Gasteiger charge is 2.19. The number of aryl methyl sites for hydroxylation is 1. The molecule has 0 unspecified atom stereocenters. The maximum Gasteiger partial charge on any atom is 0.145 e. The summed E-state index contributed by atoms with van der Waals surface area (Å²) in [6.45, 7) is 7.53. The van der Waals surface area contributed by atoms with Gasteiger partial charge in [-0.15, -0.1) is 0 Å². The van der Waals surface area contributed by atoms with E-state index in [1.807, 2.05) is 26.0 Å². The Morgan fingerprint density at radius 1 is 1.14 bits per heavy atom. The van der Waals surface area contributed by atoms with Crippen molar-refractivity contribution >= 4 is 0 Å². The topological polar surface area (TPSA) is 18.5 Å². The van der Waals surface area contributed by atoms with Crippen LogP contribution >= 0.6 is 0 Å². The second-order valence-electron chi connectivity index (χ2n) is 3.09. The Balaban J connectivity index is 0.000000461. The predicted octanol–water partition coefficient (Wildman–Crippen LogP) is 2.80. The summed E-state index contributed by atoms with van der Waals surface area (Å²) in [5.74, 6) is 0.939. The van der Waals surface area contributed by atoms with Gasteiger partial charge in [-0.05, 0) is 19.1 Å². The quantitative estimate of drug-likeness (QED) is 0.720. The van der Waals surface area contributed by atoms with E-state index >= 15 is 0 Å². The van der Waals surface area contributed by atoms with Crippen LogP contribution in [0, 0.1) is 6.92 Å². The van der Waals surface area contributed by atoms with Crippen LogP contribution in [0.4, 0.5) is 0 Å². The molecule has 0 saturated carbocycles. The maximum atomic E-state index is 5.58. The summed E-state index contributed by atoms with van der Waals surface area (Å²) in [6.07, 6.45) is 0.271. The van der Waals surface area contributed by atoms with Crippen molar-refractivity contribution < 1.29 is 9.47 Å². The van der Waals surface area contributed by atoms with Crippen molar-refractivity contribution in [2.75, 3.05) is 13.2 Å². The van der Waals surface area contributed by atoms with E-state index in [1.54, 1.807) is 0 Å². The highest BCUT2D eigenvalue weighted by atomic mass is 16.6. The van der Waals surface area contributed by atoms with Crippen LogP contribution in [0.2, 0.25) is 0 Å². The van der Waals surface area contributed by atoms with Crippen LogP contribution in [0.1, 0.15) is 19.4 Å². The summed E-state index contributed by atoms with van der Waals surface area (Å²) in [6, 6.07) is 8.09. The molecule has 2 heteroatoms. The molecule has 1 aliphatic rings. The van der Waals surface area contributed by atoms with E-state index in [9.17, 15) is 0 Å². The lowest BCUT2D eigenvalue weighted by molar-refractivity contribution is -0.0796. The van der Waals surface area contributed by atoms with Crippen molar-refractivity contribution in [1.82, 2.24) is 0 Å². The molecule has 2 nitrogen and oxygen atoms in total. The van der Waals surface area contributed by atoms with Crippen molar-refractivity contribution in [3.63, 3.8) is 0 Å². The van der Waals surface area contributed by atoms with Gasteiger partial charge in [0.15, 0.2) is 0 Å². The average Bonchev–Trinajstić information content (AvgIpc) is 2.17. The Labute approximate surface area is 85.8 Å². The van der Waals surface area contributed by atoms with E-state index in [4.69, 9.17) is 9.47 Å². The van der Waals surface area contributed by atoms with Crippen LogP contribution < -0.4 is 4.74 Å². The number of hydrogen-bond acceptors (Lipinski definition) is 2. The Kier molecular flexibility index (Phi) is 4.47. The number of benzene rings is 1. The molecule has 14 heavy (non-hydrogen) atoms. The zero-order chi connectivity index (χ0) is 10.4. The van der Waals surface area contributed by atoms with Crippen LogP contribution in [0.3, 0.4) is 0 Å². The van der Waals surface area contributed by atoms with Gasteiger partial charge in [0.25, 0.3) is 0 Å². The molecule has 0 aliphatic carbocycles. The SMILES string of the molecule is CC.Cc1ccc(OC2COC2)cc1. The largest absolute Gasteiger partial charge is 0.486 e. The van der Waals surface area contributed by atoms with Crippen LogP contribution in [0.15, 0.2) is 24.3 Å². The Bertz CT molecular complexity index is 250. The summed E-state index contributed by atoms with van der Waals surface area (Å²) in [5.41, 5.74) is 1.26. The van der Waals surface area contributed by atoms with Gasteiger partial charge < -0.3 is 9.47 Å². The van der Waals surface area contributed by atoms with Gasteiger partial charge in [0, 0.05) is 0 Å². The molecule has 1 fully saturated rings. The van der Waals surface area contributed by atoms with Gasteiger partial charge in [-0.1, -0.05) is 31.5 Å².